The summed E-state index contributed by atoms with van der Waals surface area (Å²) in [7, 11) is 0. The summed E-state index contributed by atoms with van der Waals surface area (Å²) < 4.78 is 0. The minimum atomic E-state index is -0.397. The second-order valence-electron chi connectivity index (χ2n) is 3.35. The molecular formula is C8H12ClNO2. The number of hydrogen-bond acceptors (Lipinski definition) is 2. The fourth-order valence-electron chi connectivity index (χ4n) is 1.38. The number of likely N-dealkylation sites (tertiary alicyclic amines) is 1. The molecule has 0 aromatic heterocycles. The summed E-state index contributed by atoms with van der Waals surface area (Å²) in [6, 6.07) is 0.165. The molecule has 1 rings (SSSR count). The summed E-state index contributed by atoms with van der Waals surface area (Å²) >= 11 is 5.30. The minimum Gasteiger partial charge on any atom is -0.339 e. The molecule has 1 aliphatic rings. The number of rotatable bonds is 2. The van der Waals surface area contributed by atoms with E-state index < -0.39 is 5.24 Å². The predicted molar refractivity (Wildman–Crippen MR) is 45.8 cm³/mol. The second kappa shape index (κ2) is 3.44. The zero-order valence-electron chi connectivity index (χ0n) is 7.21. The molecule has 1 heterocycles. The van der Waals surface area contributed by atoms with Crippen LogP contribution >= 0.6 is 11.6 Å². The van der Waals surface area contributed by atoms with Crippen molar-refractivity contribution in [2.75, 3.05) is 6.54 Å². The van der Waals surface area contributed by atoms with E-state index in [4.69, 9.17) is 11.6 Å². The number of nitrogens with zero attached hydrogens (tertiary/aromatic N) is 1. The van der Waals surface area contributed by atoms with Crippen LogP contribution in [0.25, 0.3) is 0 Å². The van der Waals surface area contributed by atoms with Crippen LogP contribution in [0.1, 0.15) is 20.3 Å². The van der Waals surface area contributed by atoms with Crippen LogP contribution in [0, 0.1) is 5.92 Å². The lowest BCUT2D eigenvalue weighted by atomic mass is 10.1. The van der Waals surface area contributed by atoms with Crippen LogP contribution in [-0.2, 0) is 9.59 Å². The van der Waals surface area contributed by atoms with Gasteiger partial charge in [-0.05, 0) is 25.4 Å². The lowest BCUT2D eigenvalue weighted by Gasteiger charge is -2.20. The van der Waals surface area contributed by atoms with Gasteiger partial charge in [0.25, 0.3) is 0 Å². The predicted octanol–water partition coefficient (Wildman–Crippen LogP) is 1.01. The van der Waals surface area contributed by atoms with Crippen LogP contribution in [0.15, 0.2) is 0 Å². The molecule has 0 spiro atoms. The molecule has 1 amide bonds. The molecule has 4 heteroatoms. The molecule has 3 nitrogen and oxygen atoms in total. The molecule has 0 unspecified atom stereocenters. The van der Waals surface area contributed by atoms with Gasteiger partial charge in [-0.2, -0.15) is 0 Å². The first kappa shape index (κ1) is 9.52. The highest BCUT2D eigenvalue weighted by Crippen LogP contribution is 2.21. The zero-order valence-corrected chi connectivity index (χ0v) is 7.97. The van der Waals surface area contributed by atoms with E-state index in [1.54, 1.807) is 4.90 Å². The molecule has 0 radical (unpaired) electrons. The fraction of sp³-hybridized carbons (Fsp3) is 0.750. The van der Waals surface area contributed by atoms with Gasteiger partial charge in [0.1, 0.15) is 0 Å². The van der Waals surface area contributed by atoms with Crippen LogP contribution in [0.4, 0.5) is 0 Å². The highest BCUT2D eigenvalue weighted by molar-refractivity contribution is 6.64. The van der Waals surface area contributed by atoms with Crippen LogP contribution in [0.3, 0.4) is 0 Å². The number of carbonyl (C=O) groups is 2. The molecule has 1 atom stereocenters. The average molecular weight is 190 g/mol. The minimum absolute atomic E-state index is 0.0315. The maximum atomic E-state index is 11.2. The lowest BCUT2D eigenvalue weighted by Crippen LogP contribution is -2.32. The molecule has 0 aromatic carbocycles. The van der Waals surface area contributed by atoms with Crippen LogP contribution < -0.4 is 0 Å². The van der Waals surface area contributed by atoms with E-state index in [2.05, 4.69) is 0 Å². The molecule has 68 valence electrons. The third-order valence-electron chi connectivity index (χ3n) is 2.10. The molecule has 0 saturated carbocycles. The van der Waals surface area contributed by atoms with Crippen molar-refractivity contribution in [1.82, 2.24) is 4.90 Å². The van der Waals surface area contributed by atoms with Gasteiger partial charge in [0.2, 0.25) is 11.1 Å². The Hall–Kier alpha value is -0.570. The summed E-state index contributed by atoms with van der Waals surface area (Å²) in [5.41, 5.74) is 0. The van der Waals surface area contributed by atoms with E-state index in [9.17, 15) is 9.59 Å². The monoisotopic (exact) mass is 189 g/mol. The first-order valence-electron chi connectivity index (χ1n) is 4.01. The molecule has 0 aliphatic carbocycles. The van der Waals surface area contributed by atoms with Gasteiger partial charge in [-0.15, -0.1) is 0 Å². The van der Waals surface area contributed by atoms with Gasteiger partial charge in [0.05, 0.1) is 5.92 Å². The Morgan fingerprint density at radius 3 is 2.50 bits per heavy atom. The summed E-state index contributed by atoms with van der Waals surface area (Å²) in [4.78, 5) is 23.7. The van der Waals surface area contributed by atoms with Crippen LogP contribution in [0.5, 0.6) is 0 Å². The smallest absolute Gasteiger partial charge is 0.227 e. The highest BCUT2D eigenvalue weighted by atomic mass is 35.5. The second-order valence-corrected chi connectivity index (χ2v) is 3.72. The van der Waals surface area contributed by atoms with Crippen molar-refractivity contribution < 1.29 is 9.59 Å². The van der Waals surface area contributed by atoms with Crippen molar-refractivity contribution in [2.45, 2.75) is 26.3 Å². The SMILES string of the molecule is CC(C)N1C[C@H](C(=O)Cl)CC1=O. The Bertz CT molecular complexity index is 215. The molecule has 1 saturated heterocycles. The van der Waals surface area contributed by atoms with Crippen molar-refractivity contribution in [3.05, 3.63) is 0 Å². The van der Waals surface area contributed by atoms with Gasteiger partial charge < -0.3 is 4.90 Å². The van der Waals surface area contributed by atoms with Gasteiger partial charge in [-0.25, -0.2) is 0 Å². The van der Waals surface area contributed by atoms with Crippen molar-refractivity contribution in [1.29, 1.82) is 0 Å². The highest BCUT2D eigenvalue weighted by Gasteiger charge is 2.34. The molecule has 1 fully saturated rings. The van der Waals surface area contributed by atoms with E-state index in [0.29, 0.717) is 6.54 Å². The van der Waals surface area contributed by atoms with Crippen LogP contribution in [0.2, 0.25) is 0 Å². The normalized spacial score (nSPS) is 23.8. The Morgan fingerprint density at radius 2 is 2.25 bits per heavy atom. The molecule has 0 aromatic rings. The van der Waals surface area contributed by atoms with E-state index in [1.165, 1.54) is 0 Å². The van der Waals surface area contributed by atoms with E-state index in [0.717, 1.165) is 0 Å². The number of carbonyl (C=O) groups excluding carboxylic acids is 2. The molecular weight excluding hydrogens is 178 g/mol. The average Bonchev–Trinajstić information content (AvgIpc) is 2.30. The maximum Gasteiger partial charge on any atom is 0.227 e. The lowest BCUT2D eigenvalue weighted by molar-refractivity contribution is -0.129. The van der Waals surface area contributed by atoms with Gasteiger partial charge in [-0.3, -0.25) is 9.59 Å². The van der Waals surface area contributed by atoms with E-state index >= 15 is 0 Å². The Morgan fingerprint density at radius 1 is 1.67 bits per heavy atom. The standard InChI is InChI=1S/C8H12ClNO2/c1-5(2)10-4-6(8(9)12)3-7(10)11/h5-6H,3-4H2,1-2H3/t6-/m1/s1. The fourth-order valence-corrected chi connectivity index (χ4v) is 1.53. The summed E-state index contributed by atoms with van der Waals surface area (Å²) in [5, 5.41) is -0.397. The largest absolute Gasteiger partial charge is 0.339 e. The molecule has 0 N–H and O–H groups in total. The van der Waals surface area contributed by atoms with Crippen molar-refractivity contribution in [3.63, 3.8) is 0 Å². The Balaban J connectivity index is 2.62. The topological polar surface area (TPSA) is 37.4 Å². The Labute approximate surface area is 76.7 Å². The maximum absolute atomic E-state index is 11.2. The van der Waals surface area contributed by atoms with Gasteiger partial charge in [0.15, 0.2) is 0 Å². The number of halogens is 1. The number of hydrogen-bond donors (Lipinski definition) is 0. The van der Waals surface area contributed by atoms with Gasteiger partial charge in [-0.1, -0.05) is 0 Å². The number of amides is 1. The summed E-state index contributed by atoms with van der Waals surface area (Å²) in [5.74, 6) is -0.259. The van der Waals surface area contributed by atoms with Crippen molar-refractivity contribution in [3.8, 4) is 0 Å². The van der Waals surface area contributed by atoms with Crippen molar-refractivity contribution in [2.24, 2.45) is 5.92 Å². The quantitative estimate of drug-likeness (QED) is 0.608. The van der Waals surface area contributed by atoms with E-state index in [1.807, 2.05) is 13.8 Å². The van der Waals surface area contributed by atoms with Gasteiger partial charge >= 0.3 is 0 Å². The molecule has 0 bridgehead atoms. The summed E-state index contributed by atoms with van der Waals surface area (Å²) in [6.45, 7) is 4.34. The van der Waals surface area contributed by atoms with Crippen molar-refractivity contribution >= 4 is 22.8 Å². The first-order chi connectivity index (χ1) is 5.52. The molecule has 1 aliphatic heterocycles. The third-order valence-corrected chi connectivity index (χ3v) is 2.41. The molecule has 12 heavy (non-hydrogen) atoms. The summed E-state index contributed by atoms with van der Waals surface area (Å²) in [6.07, 6.45) is 0.278. The van der Waals surface area contributed by atoms with Crippen LogP contribution in [-0.4, -0.2) is 28.6 Å². The first-order valence-corrected chi connectivity index (χ1v) is 4.39. The van der Waals surface area contributed by atoms with E-state index in [-0.39, 0.29) is 24.3 Å². The zero-order chi connectivity index (χ0) is 9.30. The van der Waals surface area contributed by atoms with Gasteiger partial charge in [0, 0.05) is 19.0 Å². The third kappa shape index (κ3) is 1.78. The Kier molecular flexibility index (Phi) is 2.73.